The van der Waals surface area contributed by atoms with Crippen molar-refractivity contribution in [2.24, 2.45) is 0 Å². The van der Waals surface area contributed by atoms with Gasteiger partial charge in [-0.2, -0.15) is 0 Å². The molecule has 0 unspecified atom stereocenters. The van der Waals surface area contributed by atoms with Crippen molar-refractivity contribution in [2.75, 3.05) is 5.32 Å². The number of rotatable bonds is 3. The number of carbonyl (C=O) groups excluding carboxylic acids is 1. The molecule has 0 aliphatic carbocycles. The van der Waals surface area contributed by atoms with Crippen molar-refractivity contribution in [2.45, 2.75) is 0 Å². The van der Waals surface area contributed by atoms with Crippen LogP contribution in [0.15, 0.2) is 34.1 Å². The second-order valence-corrected chi connectivity index (χ2v) is 5.94. The fraction of sp³-hybridized carbons (Fsp3) is 0. The number of anilines is 1. The molecule has 98 valence electrons. The minimum Gasteiger partial charge on any atom is -0.315 e. The molecule has 1 aromatic heterocycles. The molecule has 1 heterocycles. The van der Waals surface area contributed by atoms with Gasteiger partial charge in [-0.1, -0.05) is 0 Å². The first-order valence-electron chi connectivity index (χ1n) is 4.98. The first-order chi connectivity index (χ1) is 8.97. The lowest BCUT2D eigenvalue weighted by molar-refractivity contribution is -0.384. The van der Waals surface area contributed by atoms with Crippen LogP contribution in [0.3, 0.4) is 0 Å². The number of nitro benzene ring substituents is 1. The van der Waals surface area contributed by atoms with Gasteiger partial charge in [0.25, 0.3) is 11.6 Å². The molecule has 8 heteroatoms. The van der Waals surface area contributed by atoms with Crippen LogP contribution in [-0.2, 0) is 0 Å². The number of halogens is 2. The molecule has 2 aromatic rings. The molecule has 0 radical (unpaired) electrons. The Bertz CT molecular complexity index is 659. The van der Waals surface area contributed by atoms with Gasteiger partial charge in [0, 0.05) is 12.1 Å². The summed E-state index contributed by atoms with van der Waals surface area (Å²) in [6.07, 6.45) is 0. The van der Waals surface area contributed by atoms with Crippen molar-refractivity contribution in [3.63, 3.8) is 0 Å². The monoisotopic (exact) mass is 344 g/mol. The number of nitrogens with zero attached hydrogens (tertiary/aromatic N) is 1. The highest BCUT2D eigenvalue weighted by Gasteiger charge is 2.18. The lowest BCUT2D eigenvalue weighted by Gasteiger charge is -2.04. The molecule has 0 spiro atoms. The number of nitro groups is 1. The third-order valence-corrected chi connectivity index (χ3v) is 3.82. The van der Waals surface area contributed by atoms with E-state index in [0.29, 0.717) is 4.88 Å². The van der Waals surface area contributed by atoms with E-state index in [-0.39, 0.29) is 11.4 Å². The first kappa shape index (κ1) is 13.6. The fourth-order valence-corrected chi connectivity index (χ4v) is 2.67. The van der Waals surface area contributed by atoms with E-state index in [0.717, 1.165) is 22.0 Å². The van der Waals surface area contributed by atoms with E-state index >= 15 is 0 Å². The normalized spacial score (nSPS) is 10.2. The second kappa shape index (κ2) is 5.45. The molecule has 1 amide bonds. The summed E-state index contributed by atoms with van der Waals surface area (Å²) < 4.78 is 13.8. The Morgan fingerprint density at radius 1 is 1.37 bits per heavy atom. The van der Waals surface area contributed by atoms with Gasteiger partial charge in [-0.3, -0.25) is 14.9 Å². The molecule has 0 saturated carbocycles. The van der Waals surface area contributed by atoms with Crippen molar-refractivity contribution >= 4 is 44.5 Å². The predicted molar refractivity (Wildman–Crippen MR) is 73.0 cm³/mol. The van der Waals surface area contributed by atoms with Gasteiger partial charge >= 0.3 is 0 Å². The summed E-state index contributed by atoms with van der Waals surface area (Å²) in [5.74, 6) is -1.18. The molecule has 5 nitrogen and oxygen atoms in total. The Labute approximate surface area is 119 Å². The van der Waals surface area contributed by atoms with Crippen LogP contribution in [0.4, 0.5) is 15.8 Å². The lowest BCUT2D eigenvalue weighted by atomic mass is 10.2. The lowest BCUT2D eigenvalue weighted by Crippen LogP contribution is -2.11. The maximum absolute atomic E-state index is 13.1. The molecule has 0 aliphatic heterocycles. The van der Waals surface area contributed by atoms with Gasteiger partial charge in [-0.15, -0.1) is 11.3 Å². The minimum atomic E-state index is -0.681. The fourth-order valence-electron chi connectivity index (χ4n) is 1.39. The Morgan fingerprint density at radius 3 is 2.68 bits per heavy atom. The quantitative estimate of drug-likeness (QED) is 0.679. The van der Waals surface area contributed by atoms with Crippen LogP contribution in [-0.4, -0.2) is 10.8 Å². The summed E-state index contributed by atoms with van der Waals surface area (Å²) in [5, 5.41) is 13.1. The number of hydrogen-bond acceptors (Lipinski definition) is 4. The summed E-state index contributed by atoms with van der Waals surface area (Å²) in [4.78, 5) is 22.3. The van der Waals surface area contributed by atoms with E-state index in [1.54, 1.807) is 12.1 Å². The summed E-state index contributed by atoms with van der Waals surface area (Å²) in [7, 11) is 0. The summed E-state index contributed by atoms with van der Waals surface area (Å²) in [5.41, 5.74) is -0.523. The molecule has 2 rings (SSSR count). The first-order valence-corrected chi connectivity index (χ1v) is 6.59. The molecular weight excluding hydrogens is 339 g/mol. The Balaban J connectivity index is 2.30. The predicted octanol–water partition coefficient (Wildman–Crippen LogP) is 3.81. The van der Waals surface area contributed by atoms with Crippen LogP contribution in [0.2, 0.25) is 0 Å². The van der Waals surface area contributed by atoms with E-state index in [1.165, 1.54) is 11.3 Å². The maximum Gasteiger partial charge on any atom is 0.292 e. The average Bonchev–Trinajstić information content (AvgIpc) is 2.75. The van der Waals surface area contributed by atoms with Gasteiger partial charge in [-0.25, -0.2) is 4.39 Å². The van der Waals surface area contributed by atoms with Crippen LogP contribution >= 0.6 is 27.3 Å². The van der Waals surface area contributed by atoms with Gasteiger partial charge < -0.3 is 5.32 Å². The molecular formula is C11H6BrFN2O3S. The van der Waals surface area contributed by atoms with Gasteiger partial charge in [0.2, 0.25) is 0 Å². The summed E-state index contributed by atoms with van der Waals surface area (Å²) in [6.45, 7) is 0. The summed E-state index contributed by atoms with van der Waals surface area (Å²) >= 11 is 4.38. The van der Waals surface area contributed by atoms with E-state index in [2.05, 4.69) is 21.2 Å². The van der Waals surface area contributed by atoms with Crippen molar-refractivity contribution in [3.8, 4) is 0 Å². The van der Waals surface area contributed by atoms with Gasteiger partial charge in [0.05, 0.1) is 13.6 Å². The molecule has 0 fully saturated rings. The second-order valence-electron chi connectivity index (χ2n) is 3.48. The van der Waals surface area contributed by atoms with Crippen molar-refractivity contribution < 1.29 is 14.1 Å². The largest absolute Gasteiger partial charge is 0.315 e. The third-order valence-electron chi connectivity index (χ3n) is 2.20. The average molecular weight is 345 g/mol. The van der Waals surface area contributed by atoms with E-state index in [9.17, 15) is 19.3 Å². The molecule has 0 atom stereocenters. The summed E-state index contributed by atoms with van der Waals surface area (Å²) in [6, 6.07) is 6.14. The number of nitrogens with one attached hydrogen (secondary N) is 1. The van der Waals surface area contributed by atoms with E-state index in [4.69, 9.17) is 0 Å². The highest BCUT2D eigenvalue weighted by molar-refractivity contribution is 9.11. The number of hydrogen-bond donors (Lipinski definition) is 1. The van der Waals surface area contributed by atoms with Crippen molar-refractivity contribution in [1.29, 1.82) is 0 Å². The van der Waals surface area contributed by atoms with Crippen LogP contribution in [0.25, 0.3) is 0 Å². The number of benzene rings is 1. The Hall–Kier alpha value is -1.80. The standard InChI is InChI=1S/C11H6BrFN2O3S/c12-10-4-3-9(19-10)11(16)14-7-5-6(13)1-2-8(7)15(17)18/h1-5H,(H,14,16). The zero-order valence-corrected chi connectivity index (χ0v) is 11.6. The van der Waals surface area contributed by atoms with Gasteiger partial charge in [0.1, 0.15) is 11.5 Å². The van der Waals surface area contributed by atoms with Crippen molar-refractivity contribution in [1.82, 2.24) is 0 Å². The van der Waals surface area contributed by atoms with Crippen LogP contribution in [0.1, 0.15) is 9.67 Å². The molecule has 0 saturated heterocycles. The Kier molecular flexibility index (Phi) is 3.91. The van der Waals surface area contributed by atoms with Crippen LogP contribution < -0.4 is 5.32 Å². The van der Waals surface area contributed by atoms with Crippen LogP contribution in [0, 0.1) is 15.9 Å². The smallest absolute Gasteiger partial charge is 0.292 e. The van der Waals surface area contributed by atoms with Gasteiger partial charge in [-0.05, 0) is 34.1 Å². The zero-order chi connectivity index (χ0) is 14.0. The maximum atomic E-state index is 13.1. The third kappa shape index (κ3) is 3.15. The zero-order valence-electron chi connectivity index (χ0n) is 9.22. The topological polar surface area (TPSA) is 72.2 Å². The Morgan fingerprint density at radius 2 is 2.11 bits per heavy atom. The number of carbonyl (C=O) groups is 1. The molecule has 1 N–H and O–H groups in total. The van der Waals surface area contributed by atoms with Crippen molar-refractivity contribution in [3.05, 3.63) is 54.9 Å². The highest BCUT2D eigenvalue weighted by Crippen LogP contribution is 2.27. The number of thiophene rings is 1. The minimum absolute atomic E-state index is 0.167. The molecule has 19 heavy (non-hydrogen) atoms. The molecule has 0 bridgehead atoms. The number of amides is 1. The van der Waals surface area contributed by atoms with E-state index < -0.39 is 16.6 Å². The molecule has 1 aromatic carbocycles. The molecule has 0 aliphatic rings. The van der Waals surface area contributed by atoms with E-state index in [1.807, 2.05) is 0 Å². The van der Waals surface area contributed by atoms with Crippen LogP contribution in [0.5, 0.6) is 0 Å². The highest BCUT2D eigenvalue weighted by atomic mass is 79.9. The van der Waals surface area contributed by atoms with Gasteiger partial charge in [0.15, 0.2) is 0 Å². The SMILES string of the molecule is O=C(Nc1cc(F)ccc1[N+](=O)[O-])c1ccc(Br)s1.